The van der Waals surface area contributed by atoms with E-state index in [1.165, 1.54) is 0 Å². The molecule has 0 aromatic heterocycles. The number of carbonyl (C=O) groups is 1. The summed E-state index contributed by atoms with van der Waals surface area (Å²) in [6, 6.07) is 13.0. The number of nitrogens with one attached hydrogen (secondary N) is 1. The molecule has 0 atom stereocenters. The van der Waals surface area contributed by atoms with Crippen LogP contribution >= 0.6 is 0 Å². The Morgan fingerprint density at radius 1 is 1.05 bits per heavy atom. The zero-order valence-corrected chi connectivity index (χ0v) is 11.5. The first-order valence-corrected chi connectivity index (χ1v) is 6.74. The van der Waals surface area contributed by atoms with Crippen molar-refractivity contribution >= 4 is 11.6 Å². The lowest BCUT2D eigenvalue weighted by Crippen LogP contribution is -2.15. The average Bonchev–Trinajstić information content (AvgIpc) is 2.53. The topological polar surface area (TPSA) is 73.6 Å². The van der Waals surface area contributed by atoms with Gasteiger partial charge in [0.05, 0.1) is 0 Å². The van der Waals surface area contributed by atoms with Crippen molar-refractivity contribution in [3.63, 3.8) is 0 Å². The van der Waals surface area contributed by atoms with E-state index < -0.39 is 5.91 Å². The van der Waals surface area contributed by atoms with Crippen LogP contribution in [0, 0.1) is 0 Å². The molecule has 0 unspecified atom stereocenters. The Morgan fingerprint density at radius 2 is 1.76 bits per heavy atom. The summed E-state index contributed by atoms with van der Waals surface area (Å²) in [5.74, 6) is 1.15. The third-order valence-electron chi connectivity index (χ3n) is 3.27. The lowest BCUT2D eigenvalue weighted by Gasteiger charge is -2.19. The van der Waals surface area contributed by atoms with Gasteiger partial charge in [0.1, 0.15) is 13.2 Å². The van der Waals surface area contributed by atoms with E-state index in [1.807, 2.05) is 30.3 Å². The van der Waals surface area contributed by atoms with E-state index in [0.29, 0.717) is 25.3 Å². The second kappa shape index (κ2) is 5.75. The smallest absolute Gasteiger partial charge is 0.248 e. The van der Waals surface area contributed by atoms with Gasteiger partial charge in [-0.1, -0.05) is 6.07 Å². The molecule has 3 N–H and O–H groups in total. The largest absolute Gasteiger partial charge is 0.486 e. The predicted molar refractivity (Wildman–Crippen MR) is 79.7 cm³/mol. The molecule has 0 bridgehead atoms. The highest BCUT2D eigenvalue weighted by Gasteiger charge is 2.11. The van der Waals surface area contributed by atoms with Gasteiger partial charge in [-0.05, 0) is 42.0 Å². The van der Waals surface area contributed by atoms with Gasteiger partial charge in [0.25, 0.3) is 0 Å². The summed E-state index contributed by atoms with van der Waals surface area (Å²) in [4.78, 5) is 11.0. The number of anilines is 1. The van der Waals surface area contributed by atoms with E-state index >= 15 is 0 Å². The fourth-order valence-electron chi connectivity index (χ4n) is 2.15. The van der Waals surface area contributed by atoms with Crippen LogP contribution in [0.4, 0.5) is 5.69 Å². The highest BCUT2D eigenvalue weighted by atomic mass is 16.6. The molecule has 5 nitrogen and oxygen atoms in total. The van der Waals surface area contributed by atoms with Crippen LogP contribution in [-0.4, -0.2) is 19.1 Å². The Bertz CT molecular complexity index is 653. The molecule has 0 saturated carbocycles. The lowest BCUT2D eigenvalue weighted by molar-refractivity contribution is 0.100. The standard InChI is InChI=1S/C16H16N2O3/c17-16(19)12-2-4-13(5-3-12)18-10-11-1-6-14-15(9-11)21-8-7-20-14/h1-6,9,18H,7-8,10H2,(H2,17,19). The molecule has 5 heteroatoms. The van der Waals surface area contributed by atoms with Crippen molar-refractivity contribution in [2.75, 3.05) is 18.5 Å². The molecule has 0 radical (unpaired) electrons. The van der Waals surface area contributed by atoms with Crippen LogP contribution < -0.4 is 20.5 Å². The summed E-state index contributed by atoms with van der Waals surface area (Å²) in [6.07, 6.45) is 0. The maximum Gasteiger partial charge on any atom is 0.248 e. The number of benzene rings is 2. The molecular weight excluding hydrogens is 268 g/mol. The fraction of sp³-hybridized carbons (Fsp3) is 0.188. The molecule has 0 spiro atoms. The van der Waals surface area contributed by atoms with Crippen LogP contribution in [0.5, 0.6) is 11.5 Å². The quantitative estimate of drug-likeness (QED) is 0.902. The summed E-state index contributed by atoms with van der Waals surface area (Å²) in [7, 11) is 0. The molecule has 1 amide bonds. The van der Waals surface area contributed by atoms with Crippen molar-refractivity contribution < 1.29 is 14.3 Å². The van der Waals surface area contributed by atoms with Crippen molar-refractivity contribution in [2.24, 2.45) is 5.73 Å². The second-order valence-corrected chi connectivity index (χ2v) is 4.77. The van der Waals surface area contributed by atoms with Crippen molar-refractivity contribution in [1.29, 1.82) is 0 Å². The SMILES string of the molecule is NC(=O)c1ccc(NCc2ccc3c(c2)OCCO3)cc1. The van der Waals surface area contributed by atoms with Gasteiger partial charge in [0, 0.05) is 17.8 Å². The summed E-state index contributed by atoms with van der Waals surface area (Å²) in [5, 5.41) is 3.29. The van der Waals surface area contributed by atoms with Gasteiger partial charge in [-0.3, -0.25) is 4.79 Å². The molecule has 0 saturated heterocycles. The summed E-state index contributed by atoms with van der Waals surface area (Å²) in [5.41, 5.74) is 7.73. The Balaban J connectivity index is 1.65. The van der Waals surface area contributed by atoms with E-state index in [0.717, 1.165) is 22.7 Å². The number of fused-ring (bicyclic) bond motifs is 1. The van der Waals surface area contributed by atoms with E-state index in [-0.39, 0.29) is 0 Å². The first kappa shape index (κ1) is 13.3. The highest BCUT2D eigenvalue weighted by Crippen LogP contribution is 2.30. The average molecular weight is 284 g/mol. The molecule has 0 aliphatic carbocycles. The fourth-order valence-corrected chi connectivity index (χ4v) is 2.15. The third kappa shape index (κ3) is 3.08. The number of nitrogens with two attached hydrogens (primary N) is 1. The zero-order valence-electron chi connectivity index (χ0n) is 11.5. The van der Waals surface area contributed by atoms with Crippen molar-refractivity contribution in [3.8, 4) is 11.5 Å². The number of carbonyl (C=O) groups excluding carboxylic acids is 1. The molecule has 1 aliphatic heterocycles. The summed E-state index contributed by atoms with van der Waals surface area (Å²) < 4.78 is 11.0. The molecular formula is C16H16N2O3. The number of hydrogen-bond donors (Lipinski definition) is 2. The lowest BCUT2D eigenvalue weighted by atomic mass is 10.1. The number of primary amides is 1. The minimum Gasteiger partial charge on any atom is -0.486 e. The van der Waals surface area contributed by atoms with Gasteiger partial charge in [0.15, 0.2) is 11.5 Å². The molecule has 21 heavy (non-hydrogen) atoms. The minimum absolute atomic E-state index is 0.423. The van der Waals surface area contributed by atoms with Crippen LogP contribution in [0.2, 0.25) is 0 Å². The van der Waals surface area contributed by atoms with Crippen LogP contribution in [0.15, 0.2) is 42.5 Å². The van der Waals surface area contributed by atoms with Crippen LogP contribution in [0.1, 0.15) is 15.9 Å². The molecule has 2 aromatic rings. The predicted octanol–water partition coefficient (Wildman–Crippen LogP) is 2.17. The number of rotatable bonds is 4. The monoisotopic (exact) mass is 284 g/mol. The van der Waals surface area contributed by atoms with Crippen molar-refractivity contribution in [2.45, 2.75) is 6.54 Å². The second-order valence-electron chi connectivity index (χ2n) is 4.77. The van der Waals surface area contributed by atoms with Gasteiger partial charge in [-0.25, -0.2) is 0 Å². The van der Waals surface area contributed by atoms with Gasteiger partial charge in [-0.15, -0.1) is 0 Å². The van der Waals surface area contributed by atoms with Gasteiger partial charge in [0.2, 0.25) is 5.91 Å². The van der Waals surface area contributed by atoms with E-state index in [9.17, 15) is 4.79 Å². The molecule has 3 rings (SSSR count). The maximum absolute atomic E-state index is 11.0. The minimum atomic E-state index is -0.423. The third-order valence-corrected chi connectivity index (χ3v) is 3.27. The number of amides is 1. The van der Waals surface area contributed by atoms with E-state index in [2.05, 4.69) is 5.32 Å². The first-order chi connectivity index (χ1) is 10.2. The molecule has 0 fully saturated rings. The van der Waals surface area contributed by atoms with E-state index in [4.69, 9.17) is 15.2 Å². The first-order valence-electron chi connectivity index (χ1n) is 6.74. The maximum atomic E-state index is 11.0. The Kier molecular flexibility index (Phi) is 3.64. The highest BCUT2D eigenvalue weighted by molar-refractivity contribution is 5.93. The van der Waals surface area contributed by atoms with Crippen LogP contribution in [-0.2, 0) is 6.54 Å². The van der Waals surface area contributed by atoms with Gasteiger partial charge in [-0.2, -0.15) is 0 Å². The molecule has 2 aromatic carbocycles. The van der Waals surface area contributed by atoms with Crippen LogP contribution in [0.3, 0.4) is 0 Å². The van der Waals surface area contributed by atoms with Gasteiger partial charge < -0.3 is 20.5 Å². The molecule has 1 aliphatic rings. The Morgan fingerprint density at radius 3 is 2.48 bits per heavy atom. The van der Waals surface area contributed by atoms with Crippen LogP contribution in [0.25, 0.3) is 0 Å². The number of ether oxygens (including phenoxy) is 2. The van der Waals surface area contributed by atoms with E-state index in [1.54, 1.807) is 12.1 Å². The summed E-state index contributed by atoms with van der Waals surface area (Å²) >= 11 is 0. The normalized spacial score (nSPS) is 12.8. The van der Waals surface area contributed by atoms with Crippen molar-refractivity contribution in [3.05, 3.63) is 53.6 Å². The number of hydrogen-bond acceptors (Lipinski definition) is 4. The van der Waals surface area contributed by atoms with Crippen molar-refractivity contribution in [1.82, 2.24) is 0 Å². The zero-order chi connectivity index (χ0) is 14.7. The molecule has 1 heterocycles. The summed E-state index contributed by atoms with van der Waals surface area (Å²) in [6.45, 7) is 1.84. The Labute approximate surface area is 122 Å². The Hall–Kier alpha value is -2.69. The molecule has 108 valence electrons. The van der Waals surface area contributed by atoms with Gasteiger partial charge >= 0.3 is 0 Å².